The van der Waals surface area contributed by atoms with Crippen molar-refractivity contribution in [3.63, 3.8) is 0 Å². The van der Waals surface area contributed by atoms with Gasteiger partial charge in [0, 0.05) is 28.0 Å². The lowest BCUT2D eigenvalue weighted by Gasteiger charge is -2.16. The van der Waals surface area contributed by atoms with Crippen LogP contribution < -0.4 is 0 Å². The number of hydrogen-bond acceptors (Lipinski definition) is 3. The molecule has 0 amide bonds. The Morgan fingerprint density at radius 3 is 2.30 bits per heavy atom. The molecule has 0 heterocycles. The lowest BCUT2D eigenvalue weighted by molar-refractivity contribution is -0.136. The molecule has 5 heteroatoms. The van der Waals surface area contributed by atoms with Gasteiger partial charge in [-0.15, -0.1) is 0 Å². The fourth-order valence-electron chi connectivity index (χ4n) is 2.15. The average Bonchev–Trinajstić information content (AvgIpc) is 2.55. The number of ketones is 1. The van der Waals surface area contributed by atoms with Crippen LogP contribution in [0.15, 0.2) is 54.6 Å². The Morgan fingerprint density at radius 2 is 1.70 bits per heavy atom. The van der Waals surface area contributed by atoms with Crippen LogP contribution in [-0.2, 0) is 4.79 Å². The first-order valence-electron chi connectivity index (χ1n) is 7.23. The molecule has 0 saturated heterocycles. The first-order chi connectivity index (χ1) is 11.1. The highest BCUT2D eigenvalue weighted by atomic mass is 35.5. The number of rotatable bonds is 8. The smallest absolute Gasteiger partial charge is 0.304 e. The normalized spacial score (nSPS) is 11.9. The van der Waals surface area contributed by atoms with Gasteiger partial charge < -0.3 is 5.11 Å². The highest BCUT2D eigenvalue weighted by Gasteiger charge is 2.18. The number of halogens is 1. The molecule has 1 atom stereocenters. The minimum atomic E-state index is -0.832. The van der Waals surface area contributed by atoms with Crippen molar-refractivity contribution >= 4 is 35.1 Å². The Hall–Kier alpha value is -1.78. The Kier molecular flexibility index (Phi) is 6.68. The van der Waals surface area contributed by atoms with Gasteiger partial charge in [0.15, 0.2) is 5.78 Å². The fraction of sp³-hybridized carbons (Fsp3) is 0.222. The van der Waals surface area contributed by atoms with E-state index in [1.807, 2.05) is 30.3 Å². The molecule has 2 aromatic rings. The zero-order chi connectivity index (χ0) is 16.7. The summed E-state index contributed by atoms with van der Waals surface area (Å²) in [7, 11) is 0. The van der Waals surface area contributed by atoms with Gasteiger partial charge in [-0.3, -0.25) is 9.59 Å². The Morgan fingerprint density at radius 1 is 1.04 bits per heavy atom. The standard InChI is InChI=1S/C18H17ClO3S/c19-15-8-6-14(7-9-15)17(23-11-10-18(21)22)12-16(20)13-4-2-1-3-5-13/h1-9,17H,10-12H2,(H,21,22)/t17-/m0/s1. The van der Waals surface area contributed by atoms with Crippen molar-refractivity contribution in [3.8, 4) is 0 Å². The van der Waals surface area contributed by atoms with Crippen LogP contribution in [0.3, 0.4) is 0 Å². The van der Waals surface area contributed by atoms with E-state index < -0.39 is 5.97 Å². The van der Waals surface area contributed by atoms with E-state index >= 15 is 0 Å². The van der Waals surface area contributed by atoms with Gasteiger partial charge in [-0.1, -0.05) is 54.1 Å². The van der Waals surface area contributed by atoms with Gasteiger partial charge in [-0.25, -0.2) is 0 Å². The molecule has 0 aliphatic carbocycles. The van der Waals surface area contributed by atoms with Crippen molar-refractivity contribution in [3.05, 3.63) is 70.7 Å². The molecule has 0 saturated carbocycles. The van der Waals surface area contributed by atoms with Crippen molar-refractivity contribution < 1.29 is 14.7 Å². The van der Waals surface area contributed by atoms with E-state index in [-0.39, 0.29) is 17.5 Å². The van der Waals surface area contributed by atoms with E-state index in [0.717, 1.165) is 5.56 Å². The monoisotopic (exact) mass is 348 g/mol. The molecule has 0 radical (unpaired) electrons. The second-order valence-corrected chi connectivity index (χ2v) is 6.80. The average molecular weight is 349 g/mol. The third kappa shape index (κ3) is 5.73. The number of carboxylic acids is 1. The van der Waals surface area contributed by atoms with Crippen LogP contribution >= 0.6 is 23.4 Å². The van der Waals surface area contributed by atoms with E-state index in [4.69, 9.17) is 16.7 Å². The van der Waals surface area contributed by atoms with Crippen molar-refractivity contribution in [2.45, 2.75) is 18.1 Å². The summed E-state index contributed by atoms with van der Waals surface area (Å²) in [5.74, 6) is -0.319. The summed E-state index contributed by atoms with van der Waals surface area (Å²) in [5, 5.41) is 9.35. The minimum absolute atomic E-state index is 0.0494. The Balaban J connectivity index is 2.10. The van der Waals surface area contributed by atoms with Crippen LogP contribution in [0.25, 0.3) is 0 Å². The van der Waals surface area contributed by atoms with Crippen molar-refractivity contribution in [2.75, 3.05) is 5.75 Å². The molecule has 3 nitrogen and oxygen atoms in total. The summed E-state index contributed by atoms with van der Waals surface area (Å²) in [6, 6.07) is 16.5. The highest BCUT2D eigenvalue weighted by Crippen LogP contribution is 2.34. The lowest BCUT2D eigenvalue weighted by Crippen LogP contribution is -2.07. The summed E-state index contributed by atoms with van der Waals surface area (Å²) in [4.78, 5) is 23.1. The topological polar surface area (TPSA) is 54.4 Å². The largest absolute Gasteiger partial charge is 0.481 e. The molecular weight excluding hydrogens is 332 g/mol. The molecule has 0 spiro atoms. The van der Waals surface area contributed by atoms with Gasteiger partial charge in [0.2, 0.25) is 0 Å². The quantitative estimate of drug-likeness (QED) is 0.692. The van der Waals surface area contributed by atoms with Gasteiger partial charge in [0.1, 0.15) is 0 Å². The van der Waals surface area contributed by atoms with Gasteiger partial charge >= 0.3 is 5.97 Å². The molecule has 23 heavy (non-hydrogen) atoms. The number of thioether (sulfide) groups is 1. The SMILES string of the molecule is O=C(O)CCS[C@@H](CC(=O)c1ccccc1)c1ccc(Cl)cc1. The molecular formula is C18H17ClO3S. The van der Waals surface area contributed by atoms with E-state index in [9.17, 15) is 9.59 Å². The third-order valence-corrected chi connectivity index (χ3v) is 4.88. The second kappa shape index (κ2) is 8.75. The first-order valence-corrected chi connectivity index (χ1v) is 8.66. The van der Waals surface area contributed by atoms with Crippen LogP contribution in [0, 0.1) is 0 Å². The van der Waals surface area contributed by atoms with E-state index in [0.29, 0.717) is 22.8 Å². The Labute approximate surface area is 144 Å². The molecule has 0 unspecified atom stereocenters. The number of Topliss-reactive ketones (excluding diaryl/α,β-unsaturated/α-hetero) is 1. The number of benzene rings is 2. The van der Waals surface area contributed by atoms with Crippen LogP contribution in [0.5, 0.6) is 0 Å². The van der Waals surface area contributed by atoms with Crippen LogP contribution in [0.4, 0.5) is 0 Å². The number of carbonyl (C=O) groups is 2. The minimum Gasteiger partial charge on any atom is -0.481 e. The van der Waals surface area contributed by atoms with Gasteiger partial charge in [-0.05, 0) is 17.7 Å². The molecule has 0 aliphatic rings. The third-order valence-electron chi connectivity index (χ3n) is 3.34. The molecule has 1 N–H and O–H groups in total. The van der Waals surface area contributed by atoms with E-state index in [1.54, 1.807) is 24.3 Å². The van der Waals surface area contributed by atoms with Crippen LogP contribution in [0.1, 0.15) is 34.0 Å². The summed E-state index contributed by atoms with van der Waals surface area (Å²) in [6.07, 6.45) is 0.407. The second-order valence-electron chi connectivity index (χ2n) is 5.05. The summed E-state index contributed by atoms with van der Waals surface area (Å²) in [5.41, 5.74) is 1.65. The first kappa shape index (κ1) is 17.6. The summed E-state index contributed by atoms with van der Waals surface area (Å²) in [6.45, 7) is 0. The molecule has 2 aromatic carbocycles. The fourth-order valence-corrected chi connectivity index (χ4v) is 3.47. The lowest BCUT2D eigenvalue weighted by atomic mass is 10.0. The van der Waals surface area contributed by atoms with E-state index in [2.05, 4.69) is 0 Å². The number of aliphatic carboxylic acids is 1. The molecule has 2 rings (SSSR count). The van der Waals surface area contributed by atoms with Crippen molar-refractivity contribution in [1.82, 2.24) is 0 Å². The number of carboxylic acid groups (broad SMARTS) is 1. The van der Waals surface area contributed by atoms with Crippen LogP contribution in [0.2, 0.25) is 5.02 Å². The maximum Gasteiger partial charge on any atom is 0.304 e. The van der Waals surface area contributed by atoms with Gasteiger partial charge in [0.25, 0.3) is 0 Å². The zero-order valence-electron chi connectivity index (χ0n) is 12.4. The highest BCUT2D eigenvalue weighted by molar-refractivity contribution is 7.99. The molecule has 0 bridgehead atoms. The predicted molar refractivity (Wildman–Crippen MR) is 94.3 cm³/mol. The molecule has 0 aliphatic heterocycles. The van der Waals surface area contributed by atoms with Crippen LogP contribution in [-0.4, -0.2) is 22.6 Å². The Bertz CT molecular complexity index is 656. The van der Waals surface area contributed by atoms with Crippen molar-refractivity contribution in [2.24, 2.45) is 0 Å². The van der Waals surface area contributed by atoms with Gasteiger partial charge in [-0.2, -0.15) is 11.8 Å². The summed E-state index contributed by atoms with van der Waals surface area (Å²) < 4.78 is 0. The number of carbonyl (C=O) groups excluding carboxylic acids is 1. The number of hydrogen-bond donors (Lipinski definition) is 1. The van der Waals surface area contributed by atoms with E-state index in [1.165, 1.54) is 11.8 Å². The molecule has 0 aromatic heterocycles. The molecule has 0 fully saturated rings. The van der Waals surface area contributed by atoms with Gasteiger partial charge in [0.05, 0.1) is 6.42 Å². The summed E-state index contributed by atoms with van der Waals surface area (Å²) >= 11 is 7.40. The zero-order valence-corrected chi connectivity index (χ0v) is 14.0. The maximum absolute atomic E-state index is 12.4. The predicted octanol–water partition coefficient (Wildman–Crippen LogP) is 4.86. The molecule has 120 valence electrons. The maximum atomic E-state index is 12.4. The van der Waals surface area contributed by atoms with Crippen molar-refractivity contribution in [1.29, 1.82) is 0 Å².